The van der Waals surface area contributed by atoms with Gasteiger partial charge in [0.05, 0.1) is 0 Å². The van der Waals surface area contributed by atoms with E-state index >= 15 is 0 Å². The minimum Gasteiger partial charge on any atom is -0.507 e. The minimum absolute atomic E-state index is 0.166. The fraction of sp³-hybridized carbons (Fsp3) is 0. The van der Waals surface area contributed by atoms with Crippen molar-refractivity contribution in [2.24, 2.45) is 0 Å². The Morgan fingerprint density at radius 1 is 1.50 bits per heavy atom. The van der Waals surface area contributed by atoms with E-state index in [1.54, 1.807) is 12.1 Å². The molecule has 0 amide bonds. The fourth-order valence-electron chi connectivity index (χ4n) is 0.620. The second kappa shape index (κ2) is 2.99. The van der Waals surface area contributed by atoms with Crippen molar-refractivity contribution < 1.29 is 5.11 Å². The van der Waals surface area contributed by atoms with Crippen LogP contribution < -0.4 is 0 Å². The number of hydrogen-bond acceptors (Lipinski definition) is 2. The standard InChI is InChI=1S/C7H5ClOS/c8-6-1-2-7(9)5(3-6)4-10/h1-4,9H. The molecule has 0 atom stereocenters. The molecular formula is C7H5ClOS. The highest BCUT2D eigenvalue weighted by atomic mass is 35.5. The zero-order valence-electron chi connectivity index (χ0n) is 5.04. The van der Waals surface area contributed by atoms with E-state index in [4.69, 9.17) is 16.7 Å². The predicted molar refractivity (Wildman–Crippen MR) is 45.9 cm³/mol. The lowest BCUT2D eigenvalue weighted by Crippen LogP contribution is -1.78. The van der Waals surface area contributed by atoms with Crippen LogP contribution >= 0.6 is 23.8 Å². The first-order valence-electron chi connectivity index (χ1n) is 2.68. The lowest BCUT2D eigenvalue weighted by molar-refractivity contribution is 0.474. The number of aromatic hydroxyl groups is 1. The number of halogens is 1. The van der Waals surface area contributed by atoms with Gasteiger partial charge in [-0.05, 0) is 18.2 Å². The third kappa shape index (κ3) is 1.46. The first-order chi connectivity index (χ1) is 4.74. The molecule has 0 unspecified atom stereocenters. The highest BCUT2D eigenvalue weighted by Crippen LogP contribution is 2.19. The molecule has 0 aliphatic carbocycles. The van der Waals surface area contributed by atoms with Crippen LogP contribution in [0.1, 0.15) is 5.56 Å². The molecule has 0 heterocycles. The van der Waals surface area contributed by atoms with Crippen LogP contribution in [0.2, 0.25) is 5.02 Å². The van der Waals surface area contributed by atoms with Gasteiger partial charge in [0.25, 0.3) is 0 Å². The zero-order chi connectivity index (χ0) is 7.56. The quantitative estimate of drug-likeness (QED) is 0.657. The van der Waals surface area contributed by atoms with Gasteiger partial charge in [-0.15, -0.1) is 0 Å². The Labute approximate surface area is 69.3 Å². The number of thiocarbonyl (C=S) groups is 1. The van der Waals surface area contributed by atoms with E-state index in [0.717, 1.165) is 0 Å². The molecule has 0 fully saturated rings. The summed E-state index contributed by atoms with van der Waals surface area (Å²) in [6.07, 6.45) is 0. The molecule has 0 radical (unpaired) electrons. The molecule has 0 saturated carbocycles. The summed E-state index contributed by atoms with van der Waals surface area (Å²) >= 11 is 10.2. The van der Waals surface area contributed by atoms with Crippen LogP contribution in [0.15, 0.2) is 18.2 Å². The SMILES string of the molecule is Oc1ccc(Cl)cc1C=S. The average molecular weight is 173 g/mol. The van der Waals surface area contributed by atoms with E-state index in [0.29, 0.717) is 10.6 Å². The maximum atomic E-state index is 9.08. The molecule has 1 nitrogen and oxygen atoms in total. The van der Waals surface area contributed by atoms with Crippen LogP contribution in [0.4, 0.5) is 0 Å². The lowest BCUT2D eigenvalue weighted by Gasteiger charge is -1.96. The van der Waals surface area contributed by atoms with Gasteiger partial charge in [0.2, 0.25) is 0 Å². The normalized spacial score (nSPS) is 9.30. The van der Waals surface area contributed by atoms with Crippen LogP contribution in [-0.2, 0) is 0 Å². The Morgan fingerprint density at radius 2 is 2.20 bits per heavy atom. The summed E-state index contributed by atoms with van der Waals surface area (Å²) in [4.78, 5) is 0. The molecule has 52 valence electrons. The van der Waals surface area contributed by atoms with Gasteiger partial charge in [0, 0.05) is 16.0 Å². The fourth-order valence-corrected chi connectivity index (χ4v) is 0.989. The number of phenols is 1. The van der Waals surface area contributed by atoms with Crippen molar-refractivity contribution in [3.05, 3.63) is 28.8 Å². The van der Waals surface area contributed by atoms with E-state index in [2.05, 4.69) is 12.2 Å². The molecule has 0 bridgehead atoms. The molecule has 1 aromatic rings. The predicted octanol–water partition coefficient (Wildman–Crippen LogP) is 2.39. The third-order valence-corrected chi connectivity index (χ3v) is 1.61. The van der Waals surface area contributed by atoms with Gasteiger partial charge in [-0.2, -0.15) is 0 Å². The molecular weight excluding hydrogens is 168 g/mol. The highest BCUT2D eigenvalue weighted by Gasteiger charge is 1.96. The van der Waals surface area contributed by atoms with E-state index < -0.39 is 0 Å². The molecule has 1 aromatic carbocycles. The summed E-state index contributed by atoms with van der Waals surface area (Å²) in [6, 6.07) is 4.74. The number of hydrogen-bond donors (Lipinski definition) is 1. The van der Waals surface area contributed by atoms with Crippen molar-refractivity contribution in [3.8, 4) is 5.75 Å². The number of benzene rings is 1. The van der Waals surface area contributed by atoms with Crippen molar-refractivity contribution >= 4 is 29.2 Å². The summed E-state index contributed by atoms with van der Waals surface area (Å²) < 4.78 is 0. The number of rotatable bonds is 1. The monoisotopic (exact) mass is 172 g/mol. The molecule has 10 heavy (non-hydrogen) atoms. The van der Waals surface area contributed by atoms with Crippen LogP contribution in [0.5, 0.6) is 5.75 Å². The second-order valence-electron chi connectivity index (χ2n) is 1.82. The van der Waals surface area contributed by atoms with E-state index in [1.807, 2.05) is 0 Å². The van der Waals surface area contributed by atoms with Crippen molar-refractivity contribution in [3.63, 3.8) is 0 Å². The van der Waals surface area contributed by atoms with E-state index in [-0.39, 0.29) is 5.75 Å². The molecule has 0 aliphatic rings. The summed E-state index contributed by atoms with van der Waals surface area (Å²) in [7, 11) is 0. The Morgan fingerprint density at radius 3 is 2.70 bits per heavy atom. The molecule has 1 rings (SSSR count). The first-order valence-corrected chi connectivity index (χ1v) is 3.52. The average Bonchev–Trinajstić information content (AvgIpc) is 1.94. The molecule has 3 heteroatoms. The van der Waals surface area contributed by atoms with Crippen molar-refractivity contribution in [2.75, 3.05) is 0 Å². The zero-order valence-corrected chi connectivity index (χ0v) is 6.62. The Hall–Kier alpha value is -0.600. The first kappa shape index (κ1) is 7.51. The van der Waals surface area contributed by atoms with Crippen LogP contribution in [0, 0.1) is 0 Å². The lowest BCUT2D eigenvalue weighted by atomic mass is 10.2. The summed E-state index contributed by atoms with van der Waals surface area (Å²) in [5.41, 5.74) is 0.586. The van der Waals surface area contributed by atoms with Gasteiger partial charge in [-0.3, -0.25) is 0 Å². The summed E-state index contributed by atoms with van der Waals surface area (Å²) in [5.74, 6) is 0.166. The second-order valence-corrected chi connectivity index (χ2v) is 2.49. The van der Waals surface area contributed by atoms with Crippen molar-refractivity contribution in [2.45, 2.75) is 0 Å². The topological polar surface area (TPSA) is 20.2 Å². The van der Waals surface area contributed by atoms with Gasteiger partial charge in [-0.1, -0.05) is 23.8 Å². The maximum absolute atomic E-state index is 9.08. The summed E-state index contributed by atoms with van der Waals surface area (Å²) in [6.45, 7) is 0. The smallest absolute Gasteiger partial charge is 0.123 e. The minimum atomic E-state index is 0.166. The maximum Gasteiger partial charge on any atom is 0.123 e. The van der Waals surface area contributed by atoms with Gasteiger partial charge < -0.3 is 5.11 Å². The van der Waals surface area contributed by atoms with Crippen LogP contribution in [-0.4, -0.2) is 10.5 Å². The largest absolute Gasteiger partial charge is 0.507 e. The summed E-state index contributed by atoms with van der Waals surface area (Å²) in [5, 5.41) is 11.0. The van der Waals surface area contributed by atoms with Crippen LogP contribution in [0.25, 0.3) is 0 Å². The van der Waals surface area contributed by atoms with Gasteiger partial charge in [0.15, 0.2) is 0 Å². The Bertz CT molecular complexity index is 260. The van der Waals surface area contributed by atoms with E-state index in [9.17, 15) is 0 Å². The van der Waals surface area contributed by atoms with Crippen molar-refractivity contribution in [1.29, 1.82) is 0 Å². The molecule has 0 aromatic heterocycles. The Balaban J connectivity index is 3.21. The molecule has 0 saturated heterocycles. The molecule has 1 N–H and O–H groups in total. The van der Waals surface area contributed by atoms with Gasteiger partial charge >= 0.3 is 0 Å². The number of phenolic OH excluding ortho intramolecular Hbond substituents is 1. The Kier molecular flexibility index (Phi) is 2.25. The third-order valence-electron chi connectivity index (χ3n) is 1.12. The molecule has 0 spiro atoms. The van der Waals surface area contributed by atoms with Gasteiger partial charge in [-0.25, -0.2) is 0 Å². The highest BCUT2D eigenvalue weighted by molar-refractivity contribution is 7.79. The molecule has 0 aliphatic heterocycles. The van der Waals surface area contributed by atoms with Crippen LogP contribution in [0.3, 0.4) is 0 Å². The van der Waals surface area contributed by atoms with Crippen molar-refractivity contribution in [1.82, 2.24) is 0 Å². The van der Waals surface area contributed by atoms with E-state index in [1.165, 1.54) is 11.4 Å². The van der Waals surface area contributed by atoms with Gasteiger partial charge in [0.1, 0.15) is 5.75 Å².